The van der Waals surface area contributed by atoms with Gasteiger partial charge < -0.3 is 4.74 Å². The number of ether oxygens (including phenoxy) is 1. The fraction of sp³-hybridized carbons (Fsp3) is 0.450. The van der Waals surface area contributed by atoms with E-state index in [1.807, 2.05) is 31.2 Å². The number of nitrogens with zero attached hydrogens (tertiary/aromatic N) is 1. The zero-order valence-corrected chi connectivity index (χ0v) is 16.5. The average molecular weight is 404 g/mol. The van der Waals surface area contributed by atoms with Crippen LogP contribution in [-0.2, 0) is 14.3 Å². The lowest BCUT2D eigenvalue weighted by atomic mass is 9.63. The van der Waals surface area contributed by atoms with Crippen molar-refractivity contribution in [3.63, 3.8) is 0 Å². The Labute approximate surface area is 156 Å². The summed E-state index contributed by atoms with van der Waals surface area (Å²) in [6, 6.07) is 7.78. The van der Waals surface area contributed by atoms with Crippen LogP contribution in [0.4, 0.5) is 0 Å². The minimum absolute atomic E-state index is 0.0999. The van der Waals surface area contributed by atoms with Crippen LogP contribution in [0.5, 0.6) is 0 Å². The summed E-state index contributed by atoms with van der Waals surface area (Å²) in [5.74, 6) is -1.00. The Bertz CT molecular complexity index is 807. The summed E-state index contributed by atoms with van der Waals surface area (Å²) < 4.78 is 5.93. The number of esters is 1. The van der Waals surface area contributed by atoms with E-state index in [-0.39, 0.29) is 23.0 Å². The molecule has 0 N–H and O–H groups in total. The molecular weight excluding hydrogens is 382 g/mol. The van der Waals surface area contributed by atoms with Gasteiger partial charge in [0.1, 0.15) is 5.78 Å². The van der Waals surface area contributed by atoms with Crippen molar-refractivity contribution in [3.05, 3.63) is 45.6 Å². The van der Waals surface area contributed by atoms with Gasteiger partial charge in [-0.25, -0.2) is 4.79 Å². The molecule has 0 saturated heterocycles. The second kappa shape index (κ2) is 6.52. The minimum atomic E-state index is -0.414. The average Bonchev–Trinajstić information content (AvgIpc) is 2.51. The molecule has 0 bridgehead atoms. The molecule has 1 heterocycles. The zero-order chi connectivity index (χ0) is 18.4. The topological polar surface area (TPSA) is 55.7 Å². The third-order valence-electron chi connectivity index (χ3n) is 4.98. The molecule has 1 aromatic rings. The molecule has 132 valence electrons. The van der Waals surface area contributed by atoms with Gasteiger partial charge in [-0.2, -0.15) is 0 Å². The Morgan fingerprint density at radius 1 is 1.28 bits per heavy atom. The number of allylic oxidation sites excluding steroid dienone is 1. The van der Waals surface area contributed by atoms with Gasteiger partial charge in [-0.3, -0.25) is 9.79 Å². The minimum Gasteiger partial charge on any atom is -0.466 e. The Hall–Kier alpha value is -1.75. The number of benzene rings is 1. The largest absolute Gasteiger partial charge is 0.466 e. The molecule has 1 fully saturated rings. The Morgan fingerprint density at radius 3 is 2.64 bits per heavy atom. The van der Waals surface area contributed by atoms with Crippen molar-refractivity contribution in [2.24, 2.45) is 16.3 Å². The second-order valence-electron chi connectivity index (χ2n) is 7.59. The molecule has 0 radical (unpaired) electrons. The number of carbonyl (C=O) groups is 2. The van der Waals surface area contributed by atoms with Crippen LogP contribution in [0.2, 0.25) is 0 Å². The molecule has 2 aliphatic rings. The first kappa shape index (κ1) is 18.1. The summed E-state index contributed by atoms with van der Waals surface area (Å²) in [5, 5.41) is 0. The lowest BCUT2D eigenvalue weighted by Gasteiger charge is -2.41. The molecule has 2 unspecified atom stereocenters. The van der Waals surface area contributed by atoms with Crippen molar-refractivity contribution in [1.82, 2.24) is 0 Å². The number of hydrogen-bond acceptors (Lipinski definition) is 4. The molecule has 0 aromatic heterocycles. The van der Waals surface area contributed by atoms with E-state index < -0.39 is 5.97 Å². The van der Waals surface area contributed by atoms with Crippen LogP contribution in [0, 0.1) is 11.3 Å². The first-order valence-corrected chi connectivity index (χ1v) is 9.17. The highest BCUT2D eigenvalue weighted by atomic mass is 79.9. The van der Waals surface area contributed by atoms with Crippen molar-refractivity contribution in [3.8, 4) is 0 Å². The number of aliphatic imine (C=N–C) groups is 1. The van der Waals surface area contributed by atoms with Crippen LogP contribution in [0.3, 0.4) is 0 Å². The third kappa shape index (κ3) is 3.34. The predicted octanol–water partition coefficient (Wildman–Crippen LogP) is 4.44. The highest BCUT2D eigenvalue weighted by molar-refractivity contribution is 9.10. The summed E-state index contributed by atoms with van der Waals surface area (Å²) in [7, 11) is 1.37. The maximum absolute atomic E-state index is 13.0. The molecule has 0 amide bonds. The van der Waals surface area contributed by atoms with E-state index in [9.17, 15) is 9.59 Å². The van der Waals surface area contributed by atoms with E-state index in [0.29, 0.717) is 17.7 Å². The van der Waals surface area contributed by atoms with Gasteiger partial charge in [0.15, 0.2) is 0 Å². The van der Waals surface area contributed by atoms with Crippen molar-refractivity contribution in [1.29, 1.82) is 0 Å². The Morgan fingerprint density at radius 2 is 2.00 bits per heavy atom. The molecule has 4 nitrogen and oxygen atoms in total. The number of methoxy groups -OCH3 is 1. The van der Waals surface area contributed by atoms with Gasteiger partial charge in [-0.1, -0.05) is 41.9 Å². The number of fused-ring (bicyclic) bond motifs is 1. The van der Waals surface area contributed by atoms with Crippen LogP contribution < -0.4 is 0 Å². The number of halogens is 1. The molecule has 25 heavy (non-hydrogen) atoms. The van der Waals surface area contributed by atoms with Gasteiger partial charge in [0.25, 0.3) is 0 Å². The van der Waals surface area contributed by atoms with E-state index >= 15 is 0 Å². The van der Waals surface area contributed by atoms with E-state index in [2.05, 4.69) is 34.8 Å². The van der Waals surface area contributed by atoms with Crippen LogP contribution in [-0.4, -0.2) is 24.6 Å². The highest BCUT2D eigenvalue weighted by Crippen LogP contribution is 2.47. The lowest BCUT2D eigenvalue weighted by Crippen LogP contribution is -2.44. The van der Waals surface area contributed by atoms with Gasteiger partial charge in [-0.05, 0) is 36.5 Å². The maximum Gasteiger partial charge on any atom is 0.336 e. The van der Waals surface area contributed by atoms with E-state index in [1.54, 1.807) is 0 Å². The Kier molecular flexibility index (Phi) is 4.71. The van der Waals surface area contributed by atoms with Gasteiger partial charge in [0.2, 0.25) is 0 Å². The first-order valence-electron chi connectivity index (χ1n) is 8.38. The molecule has 3 rings (SSSR count). The van der Waals surface area contributed by atoms with E-state index in [1.165, 1.54) is 7.11 Å². The zero-order valence-electron chi connectivity index (χ0n) is 14.9. The van der Waals surface area contributed by atoms with Crippen molar-refractivity contribution < 1.29 is 14.3 Å². The van der Waals surface area contributed by atoms with Gasteiger partial charge in [0.05, 0.1) is 18.6 Å². The summed E-state index contributed by atoms with van der Waals surface area (Å²) in [5.41, 5.74) is 2.85. The first-order chi connectivity index (χ1) is 11.7. The summed E-state index contributed by atoms with van der Waals surface area (Å²) in [6.45, 7) is 6.01. The van der Waals surface area contributed by atoms with Gasteiger partial charge in [0, 0.05) is 28.2 Å². The van der Waals surface area contributed by atoms with Crippen LogP contribution >= 0.6 is 15.9 Å². The summed E-state index contributed by atoms with van der Waals surface area (Å²) >= 11 is 3.49. The molecule has 1 aromatic carbocycles. The Balaban J connectivity index is 2.20. The molecule has 1 aliphatic carbocycles. The highest BCUT2D eigenvalue weighted by Gasteiger charge is 2.47. The smallest absolute Gasteiger partial charge is 0.336 e. The number of Topliss-reactive ketones (excluding diaryl/α,β-unsaturated/α-hetero) is 1. The van der Waals surface area contributed by atoms with Crippen molar-refractivity contribution in [2.45, 2.75) is 39.5 Å². The summed E-state index contributed by atoms with van der Waals surface area (Å²) in [6.07, 6.45) is 1.26. The number of carbonyl (C=O) groups excluding carboxylic acids is 2. The molecular formula is C20H22BrNO3. The quantitative estimate of drug-likeness (QED) is 0.685. The number of rotatable bonds is 2. The fourth-order valence-corrected chi connectivity index (χ4v) is 4.45. The van der Waals surface area contributed by atoms with Gasteiger partial charge in [-0.15, -0.1) is 0 Å². The second-order valence-corrected chi connectivity index (χ2v) is 8.50. The standard InChI is InChI=1S/C20H22BrNO3/c1-11-16(19(24)25-4)17(12-6-5-7-13(21)8-12)18-14(22-11)9-20(2,3)10-15(18)23/h5-8,17-18H,9-10H2,1-4H3. The summed E-state index contributed by atoms with van der Waals surface area (Å²) in [4.78, 5) is 30.2. The monoisotopic (exact) mass is 403 g/mol. The SMILES string of the molecule is COC(=O)C1=C(C)N=C2CC(C)(C)CC(=O)C2C1c1cccc(Br)c1. The normalized spacial score (nSPS) is 25.3. The molecule has 2 atom stereocenters. The number of hydrogen-bond donors (Lipinski definition) is 0. The molecule has 1 aliphatic heterocycles. The lowest BCUT2D eigenvalue weighted by molar-refractivity contribution is -0.136. The van der Waals surface area contributed by atoms with E-state index in [4.69, 9.17) is 4.74 Å². The van der Waals surface area contributed by atoms with Gasteiger partial charge >= 0.3 is 5.97 Å². The molecule has 1 saturated carbocycles. The number of ketones is 1. The van der Waals surface area contributed by atoms with Crippen LogP contribution in [0.25, 0.3) is 0 Å². The maximum atomic E-state index is 13.0. The van der Waals surface area contributed by atoms with Crippen molar-refractivity contribution >= 4 is 33.4 Å². The molecule has 5 heteroatoms. The third-order valence-corrected chi connectivity index (χ3v) is 5.47. The predicted molar refractivity (Wildman–Crippen MR) is 101 cm³/mol. The van der Waals surface area contributed by atoms with E-state index in [0.717, 1.165) is 22.2 Å². The van der Waals surface area contributed by atoms with Crippen LogP contribution in [0.1, 0.15) is 45.1 Å². The fourth-order valence-electron chi connectivity index (χ4n) is 4.03. The van der Waals surface area contributed by atoms with Crippen LogP contribution in [0.15, 0.2) is 45.0 Å². The van der Waals surface area contributed by atoms with Crippen molar-refractivity contribution in [2.75, 3.05) is 7.11 Å². The molecule has 0 spiro atoms.